The van der Waals surface area contributed by atoms with Gasteiger partial charge < -0.3 is 24.0 Å². The van der Waals surface area contributed by atoms with Crippen LogP contribution in [0.1, 0.15) is 44.5 Å². The van der Waals surface area contributed by atoms with E-state index in [-0.39, 0.29) is 6.71 Å². The summed E-state index contributed by atoms with van der Waals surface area (Å²) in [7, 11) is 0. The summed E-state index contributed by atoms with van der Waals surface area (Å²) in [6.45, 7) is -0.248. The molecule has 0 unspecified atom stereocenters. The summed E-state index contributed by atoms with van der Waals surface area (Å²) >= 11 is 0. The second-order valence-electron chi connectivity index (χ2n) is 22.9. The van der Waals surface area contributed by atoms with Crippen molar-refractivity contribution in [3.8, 4) is 56.8 Å². The van der Waals surface area contributed by atoms with Gasteiger partial charge in [0.2, 0.25) is 0 Å². The summed E-state index contributed by atoms with van der Waals surface area (Å²) in [5.74, 6) is 5.02. The predicted octanol–water partition coefficient (Wildman–Crippen LogP) is 18.2. The second kappa shape index (κ2) is 18.7. The van der Waals surface area contributed by atoms with Crippen molar-refractivity contribution < 1.29 is 14.2 Å². The fourth-order valence-electron chi connectivity index (χ4n) is 15.4. The van der Waals surface area contributed by atoms with Crippen molar-refractivity contribution in [3.05, 3.63) is 354 Å². The SMILES string of the molecule is c1ccc(-c2cccc(-c3ccccc3)c2B2c3ccc(N4c5ccccc5C5(c6ccccc6Oc6ccccc65)c5ccccc54)cc3Oc3cc(N4c5ccccc5C5(c6ccccc6Oc6ccccc65)c5ccccc54)ccc32)cc1. The molecule has 5 aliphatic heterocycles. The molecule has 5 nitrogen and oxygen atoms in total. The Morgan fingerprint density at radius 3 is 0.884 bits per heavy atom. The fourth-order valence-corrected chi connectivity index (χ4v) is 15.4. The number of benzene rings is 13. The van der Waals surface area contributed by atoms with Crippen LogP contribution in [0, 0.1) is 0 Å². The molecule has 0 saturated heterocycles. The first-order chi connectivity index (χ1) is 42.7. The topological polar surface area (TPSA) is 34.2 Å². The lowest BCUT2D eigenvalue weighted by Gasteiger charge is -2.48. The maximum absolute atomic E-state index is 7.65. The molecule has 0 bridgehead atoms. The monoisotopic (exact) mass is 1100 g/mol. The zero-order valence-electron chi connectivity index (χ0n) is 46.6. The van der Waals surface area contributed by atoms with E-state index in [0.29, 0.717) is 0 Å². The molecule has 86 heavy (non-hydrogen) atoms. The van der Waals surface area contributed by atoms with Crippen LogP contribution in [0.2, 0.25) is 0 Å². The molecule has 13 aromatic carbocycles. The molecule has 6 heteroatoms. The molecule has 5 heterocycles. The van der Waals surface area contributed by atoms with Crippen LogP contribution >= 0.6 is 0 Å². The van der Waals surface area contributed by atoms with E-state index in [1.54, 1.807) is 0 Å². The quantitative estimate of drug-likeness (QED) is 0.160. The lowest BCUT2D eigenvalue weighted by Crippen LogP contribution is -2.56. The third-order valence-electron chi connectivity index (χ3n) is 18.7. The van der Waals surface area contributed by atoms with Gasteiger partial charge in [0.15, 0.2) is 0 Å². The number of nitrogens with zero attached hydrogens (tertiary/aromatic N) is 2. The molecule has 0 N–H and O–H groups in total. The third kappa shape index (κ3) is 6.72. The number of para-hydroxylation sites is 8. The number of hydrogen-bond donors (Lipinski definition) is 0. The van der Waals surface area contributed by atoms with Gasteiger partial charge in [0.05, 0.1) is 33.6 Å². The molecule has 18 rings (SSSR count). The standard InChI is InChI=1S/C80H51BN2O3/c1-3-24-52(25-4-1)56-28-23-29-57(53-26-5-2-6-27-53)78(56)81-66-48-46-54(82-68-38-15-7-30-58(68)79(59-31-8-16-39-69(59)82)62-34-11-19-42-72(62)84-73-43-20-12-35-63(73)79)50-76(66)86-77-51-55(47-49-67(77)81)83-70-40-17-9-32-60(70)80(61-33-10-18-41-71(61)83)64-36-13-21-44-74(64)85-75-45-22-14-37-65(75)80/h1-51H. The van der Waals surface area contributed by atoms with Gasteiger partial charge in [-0.15, -0.1) is 0 Å². The van der Waals surface area contributed by atoms with Crippen molar-refractivity contribution in [1.82, 2.24) is 0 Å². The van der Waals surface area contributed by atoms with E-state index in [4.69, 9.17) is 14.2 Å². The highest BCUT2D eigenvalue weighted by atomic mass is 16.5. The average molecular weight is 1100 g/mol. The Morgan fingerprint density at radius 2 is 0.535 bits per heavy atom. The van der Waals surface area contributed by atoms with Gasteiger partial charge in [-0.2, -0.15) is 0 Å². The average Bonchev–Trinajstić information content (AvgIpc) is 0.757. The Kier molecular flexibility index (Phi) is 10.5. The first-order valence-electron chi connectivity index (χ1n) is 29.6. The van der Waals surface area contributed by atoms with Crippen LogP contribution in [0.5, 0.6) is 34.5 Å². The molecular formula is C80H51BN2O3. The van der Waals surface area contributed by atoms with E-state index in [0.717, 1.165) is 113 Å². The third-order valence-corrected chi connectivity index (χ3v) is 18.7. The Hall–Kier alpha value is -11.1. The Balaban J connectivity index is 0.864. The van der Waals surface area contributed by atoms with Crippen LogP contribution < -0.4 is 40.4 Å². The van der Waals surface area contributed by atoms with Crippen molar-refractivity contribution in [2.45, 2.75) is 10.8 Å². The minimum Gasteiger partial charge on any atom is -0.458 e. The van der Waals surface area contributed by atoms with Crippen molar-refractivity contribution in [1.29, 1.82) is 0 Å². The van der Waals surface area contributed by atoms with Gasteiger partial charge in [-0.25, -0.2) is 0 Å². The van der Waals surface area contributed by atoms with Gasteiger partial charge >= 0.3 is 0 Å². The van der Waals surface area contributed by atoms with E-state index in [1.807, 2.05) is 0 Å². The number of rotatable bonds is 5. The van der Waals surface area contributed by atoms with Crippen LogP contribution in [-0.2, 0) is 10.8 Å². The number of ether oxygens (including phenoxy) is 3. The molecule has 0 amide bonds. The van der Waals surface area contributed by atoms with Gasteiger partial charge in [0.1, 0.15) is 34.5 Å². The molecule has 0 saturated carbocycles. The van der Waals surface area contributed by atoms with Gasteiger partial charge in [0.25, 0.3) is 6.71 Å². The Morgan fingerprint density at radius 1 is 0.244 bits per heavy atom. The zero-order chi connectivity index (χ0) is 56.5. The lowest BCUT2D eigenvalue weighted by atomic mass is 9.34. The summed E-state index contributed by atoms with van der Waals surface area (Å²) in [4.78, 5) is 4.89. The van der Waals surface area contributed by atoms with E-state index in [2.05, 4.69) is 319 Å². The smallest absolute Gasteiger partial charge is 0.252 e. The maximum atomic E-state index is 7.65. The lowest BCUT2D eigenvalue weighted by molar-refractivity contribution is 0.434. The Labute approximate surface area is 500 Å². The fraction of sp³-hybridized carbons (Fsp3) is 0.0250. The Bertz CT molecular complexity index is 4430. The maximum Gasteiger partial charge on any atom is 0.252 e. The first-order valence-corrected chi connectivity index (χ1v) is 29.6. The number of fused-ring (bicyclic) bond motifs is 18. The molecule has 0 atom stereocenters. The predicted molar refractivity (Wildman–Crippen MR) is 348 cm³/mol. The largest absolute Gasteiger partial charge is 0.458 e. The van der Waals surface area contributed by atoms with E-state index >= 15 is 0 Å². The normalized spacial score (nSPS) is 14.4. The van der Waals surface area contributed by atoms with Crippen molar-refractivity contribution in [3.63, 3.8) is 0 Å². The zero-order valence-corrected chi connectivity index (χ0v) is 46.6. The molecule has 402 valence electrons. The summed E-state index contributed by atoms with van der Waals surface area (Å²) in [5, 5.41) is 0. The minimum atomic E-state index is -0.669. The van der Waals surface area contributed by atoms with Crippen LogP contribution in [-0.4, -0.2) is 6.71 Å². The van der Waals surface area contributed by atoms with Crippen molar-refractivity contribution in [2.24, 2.45) is 0 Å². The highest BCUT2D eigenvalue weighted by Gasteiger charge is 2.53. The highest BCUT2D eigenvalue weighted by Crippen LogP contribution is 2.65. The van der Waals surface area contributed by atoms with Gasteiger partial charge in [-0.1, -0.05) is 242 Å². The summed E-state index contributed by atoms with van der Waals surface area (Å²) in [5.41, 5.74) is 22.2. The van der Waals surface area contributed by atoms with E-state index in [1.165, 1.54) is 38.8 Å². The molecule has 0 aromatic heterocycles. The molecule has 13 aromatic rings. The van der Waals surface area contributed by atoms with Crippen LogP contribution in [0.3, 0.4) is 0 Å². The molecule has 5 aliphatic rings. The van der Waals surface area contributed by atoms with Crippen LogP contribution in [0.25, 0.3) is 22.3 Å². The minimum absolute atomic E-state index is 0.248. The van der Waals surface area contributed by atoms with E-state index < -0.39 is 10.8 Å². The van der Waals surface area contributed by atoms with Crippen molar-refractivity contribution in [2.75, 3.05) is 9.80 Å². The first kappa shape index (κ1) is 48.5. The molecular weight excluding hydrogens is 1050 g/mol. The summed E-state index contributed by atoms with van der Waals surface area (Å²) < 4.78 is 21.2. The van der Waals surface area contributed by atoms with Gasteiger partial charge in [-0.3, -0.25) is 0 Å². The van der Waals surface area contributed by atoms with Crippen LogP contribution in [0.4, 0.5) is 34.1 Å². The van der Waals surface area contributed by atoms with E-state index in [9.17, 15) is 0 Å². The molecule has 0 aliphatic carbocycles. The highest BCUT2D eigenvalue weighted by molar-refractivity contribution is 6.98. The van der Waals surface area contributed by atoms with Crippen LogP contribution in [0.15, 0.2) is 309 Å². The van der Waals surface area contributed by atoms with Crippen molar-refractivity contribution >= 4 is 57.2 Å². The second-order valence-corrected chi connectivity index (χ2v) is 22.9. The number of hydrogen-bond acceptors (Lipinski definition) is 5. The van der Waals surface area contributed by atoms with Gasteiger partial charge in [-0.05, 0) is 116 Å². The number of anilines is 6. The molecule has 2 spiro atoms. The molecule has 0 fully saturated rings. The van der Waals surface area contributed by atoms with Gasteiger partial charge in [0, 0.05) is 45.8 Å². The summed E-state index contributed by atoms with van der Waals surface area (Å²) in [6, 6.07) is 112. The molecule has 0 radical (unpaired) electrons. The summed E-state index contributed by atoms with van der Waals surface area (Å²) in [6.07, 6.45) is 0.